The van der Waals surface area contributed by atoms with Gasteiger partial charge in [-0.05, 0) is 38.8 Å². The van der Waals surface area contributed by atoms with E-state index in [0.29, 0.717) is 0 Å². The topological polar surface area (TPSA) is 32.3 Å². The molecule has 2 heteroatoms. The second kappa shape index (κ2) is 4.33. The number of aliphatic hydroxyl groups excluding tert-OH is 1. The Labute approximate surface area is 91.3 Å². The monoisotopic (exact) mass is 205 g/mol. The van der Waals surface area contributed by atoms with Gasteiger partial charge in [0, 0.05) is 0 Å². The minimum atomic E-state index is -0.236. The third-order valence-corrected chi connectivity index (χ3v) is 3.03. The fourth-order valence-corrected chi connectivity index (χ4v) is 2.40. The van der Waals surface area contributed by atoms with Crippen molar-refractivity contribution >= 4 is 0 Å². The molecule has 1 saturated heterocycles. The molecule has 1 aliphatic heterocycles. The highest BCUT2D eigenvalue weighted by molar-refractivity contribution is 5.31. The van der Waals surface area contributed by atoms with Crippen LogP contribution in [-0.4, -0.2) is 17.8 Å². The summed E-state index contributed by atoms with van der Waals surface area (Å²) in [6.07, 6.45) is 1.74. The van der Waals surface area contributed by atoms with Crippen molar-refractivity contribution < 1.29 is 5.11 Å². The Kier molecular flexibility index (Phi) is 3.08. The SMILES string of the molecule is Cc1cc(C)cc(C2NCCCC2O)c1. The predicted molar refractivity (Wildman–Crippen MR) is 61.9 cm³/mol. The van der Waals surface area contributed by atoms with E-state index in [4.69, 9.17) is 0 Å². The van der Waals surface area contributed by atoms with Crippen LogP contribution in [0.2, 0.25) is 0 Å². The van der Waals surface area contributed by atoms with Crippen LogP contribution < -0.4 is 5.32 Å². The Balaban J connectivity index is 2.27. The predicted octanol–water partition coefficient (Wildman–Crippen LogP) is 2.09. The molecule has 2 unspecified atom stereocenters. The smallest absolute Gasteiger partial charge is 0.0735 e. The van der Waals surface area contributed by atoms with Gasteiger partial charge in [0.2, 0.25) is 0 Å². The summed E-state index contributed by atoms with van der Waals surface area (Å²) < 4.78 is 0. The van der Waals surface area contributed by atoms with Crippen LogP contribution in [0.3, 0.4) is 0 Å². The van der Waals surface area contributed by atoms with Crippen LogP contribution in [-0.2, 0) is 0 Å². The van der Waals surface area contributed by atoms with Gasteiger partial charge in [0.15, 0.2) is 0 Å². The molecule has 1 heterocycles. The van der Waals surface area contributed by atoms with Crippen LogP contribution in [0.5, 0.6) is 0 Å². The summed E-state index contributed by atoms with van der Waals surface area (Å²) in [7, 11) is 0. The molecule has 0 aromatic heterocycles. The fourth-order valence-electron chi connectivity index (χ4n) is 2.40. The van der Waals surface area contributed by atoms with Crippen LogP contribution in [0.4, 0.5) is 0 Å². The third-order valence-electron chi connectivity index (χ3n) is 3.03. The Hall–Kier alpha value is -0.860. The van der Waals surface area contributed by atoms with Crippen molar-refractivity contribution in [1.29, 1.82) is 0 Å². The van der Waals surface area contributed by atoms with Gasteiger partial charge in [0.25, 0.3) is 0 Å². The average Bonchev–Trinajstić information content (AvgIpc) is 2.16. The van der Waals surface area contributed by atoms with E-state index < -0.39 is 0 Å². The number of aryl methyl sites for hydroxylation is 2. The fraction of sp³-hybridized carbons (Fsp3) is 0.538. The first-order valence-electron chi connectivity index (χ1n) is 5.66. The van der Waals surface area contributed by atoms with E-state index in [1.807, 2.05) is 0 Å². The van der Waals surface area contributed by atoms with Crippen LogP contribution in [0.1, 0.15) is 35.6 Å². The lowest BCUT2D eigenvalue weighted by Gasteiger charge is -2.29. The number of piperidine rings is 1. The van der Waals surface area contributed by atoms with Crippen LogP contribution >= 0.6 is 0 Å². The Bertz CT molecular complexity index is 328. The first-order chi connectivity index (χ1) is 7.16. The lowest BCUT2D eigenvalue weighted by Crippen LogP contribution is -2.37. The zero-order valence-corrected chi connectivity index (χ0v) is 9.46. The number of hydrogen-bond donors (Lipinski definition) is 2. The molecule has 0 aliphatic carbocycles. The highest BCUT2D eigenvalue weighted by Gasteiger charge is 2.23. The Morgan fingerprint density at radius 1 is 1.20 bits per heavy atom. The van der Waals surface area contributed by atoms with Gasteiger partial charge in [-0.3, -0.25) is 0 Å². The van der Waals surface area contributed by atoms with Gasteiger partial charge < -0.3 is 10.4 Å². The lowest BCUT2D eigenvalue weighted by atomic mass is 9.92. The lowest BCUT2D eigenvalue weighted by molar-refractivity contribution is 0.0965. The largest absolute Gasteiger partial charge is 0.391 e. The molecule has 15 heavy (non-hydrogen) atoms. The second-order valence-corrected chi connectivity index (χ2v) is 4.56. The number of aliphatic hydroxyl groups is 1. The maximum Gasteiger partial charge on any atom is 0.0735 e. The molecule has 1 aromatic rings. The molecular weight excluding hydrogens is 186 g/mol. The van der Waals surface area contributed by atoms with Crippen molar-refractivity contribution in [1.82, 2.24) is 5.32 Å². The van der Waals surface area contributed by atoms with E-state index in [9.17, 15) is 5.11 Å². The highest BCUT2D eigenvalue weighted by atomic mass is 16.3. The van der Waals surface area contributed by atoms with Gasteiger partial charge in [-0.1, -0.05) is 29.3 Å². The summed E-state index contributed by atoms with van der Waals surface area (Å²) in [4.78, 5) is 0. The molecule has 1 aliphatic rings. The highest BCUT2D eigenvalue weighted by Crippen LogP contribution is 2.25. The molecule has 0 radical (unpaired) electrons. The molecule has 1 aromatic carbocycles. The number of benzene rings is 1. The average molecular weight is 205 g/mol. The van der Waals surface area contributed by atoms with Crippen molar-refractivity contribution in [3.63, 3.8) is 0 Å². The Morgan fingerprint density at radius 3 is 2.47 bits per heavy atom. The van der Waals surface area contributed by atoms with Gasteiger partial charge in [-0.25, -0.2) is 0 Å². The van der Waals surface area contributed by atoms with Crippen molar-refractivity contribution in [2.24, 2.45) is 0 Å². The van der Waals surface area contributed by atoms with E-state index in [1.165, 1.54) is 16.7 Å². The van der Waals surface area contributed by atoms with E-state index in [-0.39, 0.29) is 12.1 Å². The third kappa shape index (κ3) is 2.39. The summed E-state index contributed by atoms with van der Waals surface area (Å²) >= 11 is 0. The zero-order chi connectivity index (χ0) is 10.8. The van der Waals surface area contributed by atoms with Gasteiger partial charge in [0.05, 0.1) is 12.1 Å². The molecule has 2 atom stereocenters. The van der Waals surface area contributed by atoms with Crippen LogP contribution in [0, 0.1) is 13.8 Å². The summed E-state index contributed by atoms with van der Waals surface area (Å²) in [6, 6.07) is 6.62. The summed E-state index contributed by atoms with van der Waals surface area (Å²) in [5.74, 6) is 0. The minimum absolute atomic E-state index is 0.123. The van der Waals surface area contributed by atoms with E-state index in [2.05, 4.69) is 37.4 Å². The van der Waals surface area contributed by atoms with Crippen molar-refractivity contribution in [3.05, 3.63) is 34.9 Å². The van der Waals surface area contributed by atoms with E-state index >= 15 is 0 Å². The minimum Gasteiger partial charge on any atom is -0.391 e. The van der Waals surface area contributed by atoms with Crippen LogP contribution in [0.15, 0.2) is 18.2 Å². The molecule has 82 valence electrons. The van der Waals surface area contributed by atoms with Gasteiger partial charge >= 0.3 is 0 Å². The normalized spacial score (nSPS) is 26.6. The first kappa shape index (κ1) is 10.7. The molecular formula is C13H19NO. The zero-order valence-electron chi connectivity index (χ0n) is 9.46. The van der Waals surface area contributed by atoms with Crippen molar-refractivity contribution in [2.45, 2.75) is 38.8 Å². The van der Waals surface area contributed by atoms with Gasteiger partial charge in [-0.2, -0.15) is 0 Å². The van der Waals surface area contributed by atoms with Crippen LogP contribution in [0.25, 0.3) is 0 Å². The summed E-state index contributed by atoms with van der Waals surface area (Å²) in [6.45, 7) is 5.21. The quantitative estimate of drug-likeness (QED) is 0.735. The summed E-state index contributed by atoms with van der Waals surface area (Å²) in [5, 5.41) is 13.3. The molecule has 2 nitrogen and oxygen atoms in total. The maximum atomic E-state index is 9.94. The van der Waals surface area contributed by atoms with Gasteiger partial charge in [-0.15, -0.1) is 0 Å². The standard InChI is InChI=1S/C13H19NO/c1-9-6-10(2)8-11(7-9)13-12(15)4-3-5-14-13/h6-8,12-15H,3-5H2,1-2H3. The van der Waals surface area contributed by atoms with Crippen molar-refractivity contribution in [2.75, 3.05) is 6.54 Å². The number of rotatable bonds is 1. The molecule has 1 fully saturated rings. The molecule has 0 bridgehead atoms. The van der Waals surface area contributed by atoms with Gasteiger partial charge in [0.1, 0.15) is 0 Å². The summed E-state index contributed by atoms with van der Waals surface area (Å²) in [5.41, 5.74) is 3.76. The molecule has 0 saturated carbocycles. The number of nitrogens with one attached hydrogen (secondary N) is 1. The van der Waals surface area contributed by atoms with E-state index in [1.54, 1.807) is 0 Å². The number of hydrogen-bond acceptors (Lipinski definition) is 2. The maximum absolute atomic E-state index is 9.94. The van der Waals surface area contributed by atoms with E-state index in [0.717, 1.165) is 19.4 Å². The molecule has 2 N–H and O–H groups in total. The second-order valence-electron chi connectivity index (χ2n) is 4.56. The Morgan fingerprint density at radius 2 is 1.87 bits per heavy atom. The van der Waals surface area contributed by atoms with Crippen molar-refractivity contribution in [3.8, 4) is 0 Å². The first-order valence-corrected chi connectivity index (χ1v) is 5.66. The molecule has 2 rings (SSSR count). The molecule has 0 spiro atoms. The molecule has 0 amide bonds.